The minimum absolute atomic E-state index is 0.0146. The van der Waals surface area contributed by atoms with Gasteiger partial charge in [0.25, 0.3) is 0 Å². The maximum absolute atomic E-state index is 13.3. The molecule has 1 aromatic rings. The number of amides is 4. The summed E-state index contributed by atoms with van der Waals surface area (Å²) in [5.41, 5.74) is 0.943. The van der Waals surface area contributed by atoms with Crippen molar-refractivity contribution < 1.29 is 19.1 Å². The van der Waals surface area contributed by atoms with Crippen molar-refractivity contribution in [3.63, 3.8) is 0 Å². The van der Waals surface area contributed by atoms with E-state index in [1.165, 1.54) is 0 Å². The molecule has 2 fully saturated rings. The molecule has 0 bridgehead atoms. The SMILES string of the molecule is CCCCCCN1C[C@H]2N(C(=O)CN(C)N2C(=O)NCc2ccc(OC)cc2)[C@@H](C(C)C)C1=O. The van der Waals surface area contributed by atoms with E-state index >= 15 is 0 Å². The molecule has 4 amide bonds. The zero-order chi connectivity index (χ0) is 24.8. The highest BCUT2D eigenvalue weighted by Gasteiger charge is 2.51. The van der Waals surface area contributed by atoms with Gasteiger partial charge in [0.1, 0.15) is 18.0 Å². The lowest BCUT2D eigenvalue weighted by atomic mass is 9.96. The molecule has 2 atom stereocenters. The number of nitrogens with one attached hydrogen (secondary N) is 1. The van der Waals surface area contributed by atoms with Gasteiger partial charge in [-0.3, -0.25) is 9.59 Å². The summed E-state index contributed by atoms with van der Waals surface area (Å²) in [5.74, 6) is 0.569. The van der Waals surface area contributed by atoms with E-state index in [-0.39, 0.29) is 30.3 Å². The summed E-state index contributed by atoms with van der Waals surface area (Å²) in [7, 11) is 3.36. The molecule has 2 saturated heterocycles. The molecule has 0 aliphatic carbocycles. The van der Waals surface area contributed by atoms with Crippen LogP contribution in [-0.4, -0.2) is 83.7 Å². The van der Waals surface area contributed by atoms with Crippen LogP contribution in [0.15, 0.2) is 24.3 Å². The number of fused-ring (bicyclic) bond motifs is 1. The Labute approximate surface area is 203 Å². The first kappa shape index (κ1) is 25.8. The van der Waals surface area contributed by atoms with Crippen LogP contribution in [-0.2, 0) is 16.1 Å². The number of piperazine rings is 1. The Morgan fingerprint density at radius 2 is 1.85 bits per heavy atom. The average Bonchev–Trinajstić information content (AvgIpc) is 2.81. The fourth-order valence-corrected chi connectivity index (χ4v) is 4.79. The summed E-state index contributed by atoms with van der Waals surface area (Å²) >= 11 is 0. The highest BCUT2D eigenvalue weighted by molar-refractivity contribution is 5.91. The smallest absolute Gasteiger partial charge is 0.334 e. The van der Waals surface area contributed by atoms with Gasteiger partial charge in [-0.1, -0.05) is 52.2 Å². The van der Waals surface area contributed by atoms with Crippen molar-refractivity contribution in [1.82, 2.24) is 25.1 Å². The van der Waals surface area contributed by atoms with E-state index < -0.39 is 12.2 Å². The number of carbonyl (C=O) groups is 3. The monoisotopic (exact) mass is 473 g/mol. The van der Waals surface area contributed by atoms with Gasteiger partial charge in [0.2, 0.25) is 11.8 Å². The third-order valence-corrected chi connectivity index (χ3v) is 6.60. The summed E-state index contributed by atoms with van der Waals surface area (Å²) in [6.45, 7) is 7.44. The maximum Gasteiger partial charge on any atom is 0.334 e. The fraction of sp³-hybridized carbons (Fsp3) is 0.640. The first-order valence-electron chi connectivity index (χ1n) is 12.3. The highest BCUT2D eigenvalue weighted by Crippen LogP contribution is 2.29. The second-order valence-corrected chi connectivity index (χ2v) is 9.48. The minimum Gasteiger partial charge on any atom is -0.497 e. The topological polar surface area (TPSA) is 85.4 Å². The van der Waals surface area contributed by atoms with E-state index in [0.717, 1.165) is 37.0 Å². The zero-order valence-electron chi connectivity index (χ0n) is 21.1. The Bertz CT molecular complexity index is 859. The molecular formula is C25H39N5O4. The first-order chi connectivity index (χ1) is 16.3. The van der Waals surface area contributed by atoms with E-state index in [4.69, 9.17) is 4.74 Å². The summed E-state index contributed by atoms with van der Waals surface area (Å²) in [5, 5.41) is 6.24. The second-order valence-electron chi connectivity index (χ2n) is 9.48. The van der Waals surface area contributed by atoms with Gasteiger partial charge in [-0.25, -0.2) is 14.8 Å². The van der Waals surface area contributed by atoms with Crippen molar-refractivity contribution >= 4 is 17.8 Å². The van der Waals surface area contributed by atoms with Crippen LogP contribution in [0.4, 0.5) is 4.79 Å². The van der Waals surface area contributed by atoms with Crippen LogP contribution >= 0.6 is 0 Å². The van der Waals surface area contributed by atoms with E-state index in [1.54, 1.807) is 29.1 Å². The number of carbonyl (C=O) groups excluding carboxylic acids is 3. The van der Waals surface area contributed by atoms with Crippen LogP contribution in [0.25, 0.3) is 0 Å². The Morgan fingerprint density at radius 1 is 1.15 bits per heavy atom. The number of rotatable bonds is 9. The molecule has 0 unspecified atom stereocenters. The van der Waals surface area contributed by atoms with Crippen LogP contribution in [0.5, 0.6) is 5.75 Å². The number of methoxy groups -OCH3 is 1. The molecule has 0 aromatic heterocycles. The molecule has 0 spiro atoms. The molecule has 0 radical (unpaired) electrons. The summed E-state index contributed by atoms with van der Waals surface area (Å²) in [4.78, 5) is 43.2. The van der Waals surface area contributed by atoms with Crippen LogP contribution in [0.1, 0.15) is 52.0 Å². The summed E-state index contributed by atoms with van der Waals surface area (Å²) in [6, 6.07) is 6.66. The second kappa shape index (κ2) is 11.6. The number of hydrogen-bond donors (Lipinski definition) is 1. The van der Waals surface area contributed by atoms with Crippen LogP contribution in [0, 0.1) is 5.92 Å². The molecule has 188 valence electrons. The van der Waals surface area contributed by atoms with Gasteiger partial charge in [-0.2, -0.15) is 0 Å². The van der Waals surface area contributed by atoms with Gasteiger partial charge < -0.3 is 19.9 Å². The first-order valence-corrected chi connectivity index (χ1v) is 12.3. The largest absolute Gasteiger partial charge is 0.497 e. The lowest BCUT2D eigenvalue weighted by molar-refractivity contribution is -0.189. The maximum atomic E-state index is 13.3. The Balaban J connectivity index is 1.78. The van der Waals surface area contributed by atoms with Gasteiger partial charge in [0, 0.05) is 20.1 Å². The van der Waals surface area contributed by atoms with Gasteiger partial charge in [0.15, 0.2) is 0 Å². The highest BCUT2D eigenvalue weighted by atomic mass is 16.5. The van der Waals surface area contributed by atoms with Gasteiger partial charge in [-0.05, 0) is 30.0 Å². The Kier molecular flexibility index (Phi) is 8.77. The van der Waals surface area contributed by atoms with E-state index in [2.05, 4.69) is 12.2 Å². The molecule has 0 saturated carbocycles. The summed E-state index contributed by atoms with van der Waals surface area (Å²) < 4.78 is 5.19. The number of likely N-dealkylation sites (N-methyl/N-ethyl adjacent to an activating group) is 1. The van der Waals surface area contributed by atoms with Crippen molar-refractivity contribution in [1.29, 1.82) is 0 Å². The standard InChI is InChI=1S/C25H39N5O4/c1-6-7-8-9-14-28-16-21-29(23(18(2)3)24(28)32)22(31)17-27(4)30(21)25(33)26-15-19-10-12-20(34-5)13-11-19/h10-13,18,21,23H,6-9,14-17H2,1-5H3,(H,26,33)/t21-,23-/m0/s1. The minimum atomic E-state index is -0.567. The molecule has 3 rings (SSSR count). The number of hydrogen-bond acceptors (Lipinski definition) is 5. The van der Waals surface area contributed by atoms with E-state index in [0.29, 0.717) is 19.6 Å². The summed E-state index contributed by atoms with van der Waals surface area (Å²) in [6.07, 6.45) is 3.71. The van der Waals surface area contributed by atoms with Crippen molar-refractivity contribution in [3.8, 4) is 5.75 Å². The number of ether oxygens (including phenoxy) is 1. The van der Waals surface area contributed by atoms with Crippen LogP contribution in [0.2, 0.25) is 0 Å². The van der Waals surface area contributed by atoms with Crippen LogP contribution < -0.4 is 10.1 Å². The zero-order valence-corrected chi connectivity index (χ0v) is 21.1. The number of benzene rings is 1. The Hall–Kier alpha value is -2.81. The van der Waals surface area contributed by atoms with Gasteiger partial charge >= 0.3 is 6.03 Å². The number of hydrazine groups is 1. The molecular weight excluding hydrogens is 434 g/mol. The number of urea groups is 1. The molecule has 2 heterocycles. The molecule has 1 aromatic carbocycles. The molecule has 9 heteroatoms. The van der Waals surface area contributed by atoms with Gasteiger partial charge in [-0.15, -0.1) is 0 Å². The van der Waals surface area contributed by atoms with Crippen molar-refractivity contribution in [3.05, 3.63) is 29.8 Å². The number of unbranched alkanes of at least 4 members (excludes halogenated alkanes) is 3. The van der Waals surface area contributed by atoms with E-state index in [9.17, 15) is 14.4 Å². The quantitative estimate of drug-likeness (QED) is 0.558. The molecule has 9 nitrogen and oxygen atoms in total. The van der Waals surface area contributed by atoms with Gasteiger partial charge in [0.05, 0.1) is 20.2 Å². The van der Waals surface area contributed by atoms with E-state index in [1.807, 2.05) is 43.0 Å². The van der Waals surface area contributed by atoms with Crippen molar-refractivity contribution in [2.75, 3.05) is 33.8 Å². The molecule has 34 heavy (non-hydrogen) atoms. The third kappa shape index (κ3) is 5.63. The molecule has 1 N–H and O–H groups in total. The van der Waals surface area contributed by atoms with Crippen molar-refractivity contribution in [2.24, 2.45) is 5.92 Å². The normalized spacial score (nSPS) is 21.2. The molecule has 2 aliphatic heterocycles. The molecule has 2 aliphatic rings. The van der Waals surface area contributed by atoms with Crippen LogP contribution in [0.3, 0.4) is 0 Å². The fourth-order valence-electron chi connectivity index (χ4n) is 4.79. The lowest BCUT2D eigenvalue weighted by Crippen LogP contribution is -2.76. The lowest BCUT2D eigenvalue weighted by Gasteiger charge is -2.55. The average molecular weight is 474 g/mol. The number of nitrogens with zero attached hydrogens (tertiary/aromatic N) is 4. The predicted molar refractivity (Wildman–Crippen MR) is 130 cm³/mol. The predicted octanol–water partition coefficient (Wildman–Crippen LogP) is 2.67. The Morgan fingerprint density at radius 3 is 2.47 bits per heavy atom. The third-order valence-electron chi connectivity index (χ3n) is 6.60. The van der Waals surface area contributed by atoms with Crippen molar-refractivity contribution in [2.45, 2.75) is 65.2 Å².